The van der Waals surface area contributed by atoms with Crippen molar-refractivity contribution in [1.29, 1.82) is 0 Å². The molecule has 6 nitrogen and oxygen atoms in total. The predicted octanol–water partition coefficient (Wildman–Crippen LogP) is 4.41. The van der Waals surface area contributed by atoms with Crippen molar-refractivity contribution < 1.29 is 9.53 Å². The smallest absolute Gasteiger partial charge is 0.410 e. The van der Waals surface area contributed by atoms with Gasteiger partial charge >= 0.3 is 6.09 Å². The number of amides is 1. The van der Waals surface area contributed by atoms with Crippen LogP contribution in [-0.2, 0) is 11.3 Å². The summed E-state index contributed by atoms with van der Waals surface area (Å²) >= 11 is 0. The zero-order valence-corrected chi connectivity index (χ0v) is 17.1. The number of fused-ring (bicyclic) bond motifs is 2. The molecule has 2 unspecified atom stereocenters. The molecule has 1 aromatic heterocycles. The van der Waals surface area contributed by atoms with E-state index in [2.05, 4.69) is 15.0 Å². The molecular formula is C21H34N4O2. The van der Waals surface area contributed by atoms with E-state index in [-0.39, 0.29) is 11.5 Å². The summed E-state index contributed by atoms with van der Waals surface area (Å²) in [5.74, 6) is 0.735. The quantitative estimate of drug-likeness (QED) is 0.786. The third kappa shape index (κ3) is 3.85. The van der Waals surface area contributed by atoms with E-state index < -0.39 is 5.60 Å². The van der Waals surface area contributed by atoms with Gasteiger partial charge in [0, 0.05) is 18.6 Å². The van der Waals surface area contributed by atoms with Crippen LogP contribution in [0, 0.1) is 11.3 Å². The molecule has 1 aliphatic carbocycles. The molecule has 6 heteroatoms. The third-order valence-corrected chi connectivity index (χ3v) is 6.92. The average Bonchev–Trinajstić information content (AvgIpc) is 3.21. The van der Waals surface area contributed by atoms with Crippen molar-refractivity contribution in [2.45, 2.75) is 103 Å². The van der Waals surface area contributed by atoms with Gasteiger partial charge in [-0.05, 0) is 70.6 Å². The Labute approximate surface area is 162 Å². The molecule has 3 fully saturated rings. The topological polar surface area (TPSA) is 60.2 Å². The number of carbonyl (C=O) groups excluding carboxylic acids is 1. The summed E-state index contributed by atoms with van der Waals surface area (Å²) < 4.78 is 7.76. The fraction of sp³-hybridized carbons (Fsp3) is 0.857. The largest absolute Gasteiger partial charge is 0.444 e. The van der Waals surface area contributed by atoms with Crippen molar-refractivity contribution in [2.75, 3.05) is 0 Å². The van der Waals surface area contributed by atoms with Gasteiger partial charge < -0.3 is 9.64 Å². The Bertz CT molecular complexity index is 632. The molecule has 0 N–H and O–H groups in total. The molecule has 150 valence electrons. The zero-order chi connectivity index (χ0) is 19.1. The van der Waals surface area contributed by atoms with Crippen LogP contribution in [-0.4, -0.2) is 43.4 Å². The van der Waals surface area contributed by atoms with E-state index in [1.165, 1.54) is 32.1 Å². The first kappa shape index (κ1) is 18.8. The number of nitrogens with zero attached hydrogens (tertiary/aromatic N) is 4. The van der Waals surface area contributed by atoms with Crippen molar-refractivity contribution >= 4 is 6.09 Å². The lowest BCUT2D eigenvalue weighted by Gasteiger charge is -2.51. The number of aromatic nitrogens is 3. The molecule has 2 aliphatic heterocycles. The van der Waals surface area contributed by atoms with Gasteiger partial charge in [0.15, 0.2) is 0 Å². The Balaban J connectivity index is 1.57. The van der Waals surface area contributed by atoms with Crippen molar-refractivity contribution in [2.24, 2.45) is 11.3 Å². The van der Waals surface area contributed by atoms with Crippen LogP contribution < -0.4 is 0 Å². The maximum Gasteiger partial charge on any atom is 0.410 e. The third-order valence-electron chi connectivity index (χ3n) is 6.92. The summed E-state index contributed by atoms with van der Waals surface area (Å²) in [6, 6.07) is 0.619. The molecule has 4 rings (SSSR count). The van der Waals surface area contributed by atoms with Gasteiger partial charge in [-0.2, -0.15) is 5.10 Å². The predicted molar refractivity (Wildman–Crippen MR) is 103 cm³/mol. The van der Waals surface area contributed by atoms with Gasteiger partial charge in [0.05, 0.1) is 0 Å². The Morgan fingerprint density at radius 3 is 2.33 bits per heavy atom. The number of carbonyl (C=O) groups is 1. The SMILES string of the molecule is CC(C)(C)OC(=O)N1C2CCC1CC(Cn1cncn1)(C1CCCCC1)C2. The van der Waals surface area contributed by atoms with E-state index in [1.54, 1.807) is 6.33 Å². The van der Waals surface area contributed by atoms with Crippen LogP contribution >= 0.6 is 0 Å². The molecule has 0 radical (unpaired) electrons. The Hall–Kier alpha value is -1.59. The van der Waals surface area contributed by atoms with Crippen LogP contribution in [0.1, 0.15) is 78.6 Å². The van der Waals surface area contributed by atoms with Crippen molar-refractivity contribution in [3.05, 3.63) is 12.7 Å². The van der Waals surface area contributed by atoms with Gasteiger partial charge in [-0.15, -0.1) is 0 Å². The molecular weight excluding hydrogens is 340 g/mol. The summed E-state index contributed by atoms with van der Waals surface area (Å²) in [6.45, 7) is 6.79. The van der Waals surface area contributed by atoms with Crippen LogP contribution in [0.25, 0.3) is 0 Å². The number of hydrogen-bond acceptors (Lipinski definition) is 4. The van der Waals surface area contributed by atoms with Gasteiger partial charge in [0.25, 0.3) is 0 Å². The first-order valence-corrected chi connectivity index (χ1v) is 10.7. The fourth-order valence-electron chi connectivity index (χ4n) is 5.94. The van der Waals surface area contributed by atoms with Gasteiger partial charge in [0.2, 0.25) is 0 Å². The summed E-state index contributed by atoms with van der Waals surface area (Å²) in [5.41, 5.74) is -0.201. The summed E-state index contributed by atoms with van der Waals surface area (Å²) in [5, 5.41) is 4.42. The monoisotopic (exact) mass is 374 g/mol. The normalized spacial score (nSPS) is 31.9. The van der Waals surface area contributed by atoms with Crippen molar-refractivity contribution in [3.8, 4) is 0 Å². The molecule has 2 atom stereocenters. The molecule has 27 heavy (non-hydrogen) atoms. The van der Waals surface area contributed by atoms with Crippen LogP contribution in [0.4, 0.5) is 4.79 Å². The lowest BCUT2D eigenvalue weighted by molar-refractivity contribution is -0.0411. The minimum atomic E-state index is -0.435. The highest BCUT2D eigenvalue weighted by Gasteiger charge is 2.53. The van der Waals surface area contributed by atoms with E-state index in [1.807, 2.05) is 31.8 Å². The van der Waals surface area contributed by atoms with E-state index in [9.17, 15) is 4.79 Å². The highest BCUT2D eigenvalue weighted by Crippen LogP contribution is 2.54. The standard InChI is InChI=1S/C21H34N4O2/c1-20(2,3)27-19(26)25-17-9-10-18(25)12-21(11-17,13-24-15-22-14-23-24)16-7-5-4-6-8-16/h14-18H,4-13H2,1-3H3. The highest BCUT2D eigenvalue weighted by molar-refractivity contribution is 5.69. The zero-order valence-electron chi connectivity index (χ0n) is 17.1. The molecule has 1 aromatic rings. The minimum absolute atomic E-state index is 0.118. The van der Waals surface area contributed by atoms with Gasteiger partial charge in [-0.1, -0.05) is 19.3 Å². The molecule has 0 spiro atoms. The van der Waals surface area contributed by atoms with Gasteiger partial charge in [-0.25, -0.2) is 9.78 Å². The molecule has 3 heterocycles. The van der Waals surface area contributed by atoms with Crippen LogP contribution in [0.2, 0.25) is 0 Å². The number of ether oxygens (including phenoxy) is 1. The molecule has 2 saturated heterocycles. The molecule has 1 saturated carbocycles. The Morgan fingerprint density at radius 2 is 1.78 bits per heavy atom. The average molecular weight is 375 g/mol. The molecule has 1 amide bonds. The van der Waals surface area contributed by atoms with Crippen LogP contribution in [0.3, 0.4) is 0 Å². The Kier molecular flexibility index (Phi) is 4.93. The second-order valence-corrected chi connectivity index (χ2v) is 9.97. The number of hydrogen-bond donors (Lipinski definition) is 0. The van der Waals surface area contributed by atoms with E-state index in [0.717, 1.165) is 38.1 Å². The Morgan fingerprint density at radius 1 is 1.11 bits per heavy atom. The summed E-state index contributed by atoms with van der Waals surface area (Å²) in [4.78, 5) is 19.1. The molecule has 2 bridgehead atoms. The van der Waals surface area contributed by atoms with E-state index >= 15 is 0 Å². The van der Waals surface area contributed by atoms with Crippen LogP contribution in [0.5, 0.6) is 0 Å². The maximum absolute atomic E-state index is 12.9. The van der Waals surface area contributed by atoms with E-state index in [4.69, 9.17) is 4.74 Å². The van der Waals surface area contributed by atoms with E-state index in [0.29, 0.717) is 12.1 Å². The van der Waals surface area contributed by atoms with Gasteiger partial charge in [-0.3, -0.25) is 4.68 Å². The second kappa shape index (κ2) is 7.10. The second-order valence-electron chi connectivity index (χ2n) is 9.97. The minimum Gasteiger partial charge on any atom is -0.444 e. The number of piperidine rings is 1. The highest BCUT2D eigenvalue weighted by atomic mass is 16.6. The van der Waals surface area contributed by atoms with Crippen molar-refractivity contribution in [1.82, 2.24) is 19.7 Å². The fourth-order valence-corrected chi connectivity index (χ4v) is 5.94. The lowest BCUT2D eigenvalue weighted by Crippen LogP contribution is -2.55. The first-order chi connectivity index (χ1) is 12.9. The summed E-state index contributed by atoms with van der Waals surface area (Å²) in [6.07, 6.45) is 14.4. The van der Waals surface area contributed by atoms with Crippen LogP contribution in [0.15, 0.2) is 12.7 Å². The summed E-state index contributed by atoms with van der Waals surface area (Å²) in [7, 11) is 0. The number of rotatable bonds is 3. The van der Waals surface area contributed by atoms with Gasteiger partial charge in [0.1, 0.15) is 18.3 Å². The molecule has 0 aromatic carbocycles. The maximum atomic E-state index is 12.9. The first-order valence-electron chi connectivity index (χ1n) is 10.7. The lowest BCUT2D eigenvalue weighted by atomic mass is 9.62. The molecule has 3 aliphatic rings. The van der Waals surface area contributed by atoms with Crippen molar-refractivity contribution in [3.63, 3.8) is 0 Å².